The molecule has 16 heavy (non-hydrogen) atoms. The predicted octanol–water partition coefficient (Wildman–Crippen LogP) is 0.538. The zero-order valence-corrected chi connectivity index (χ0v) is 9.57. The van der Waals surface area contributed by atoms with Gasteiger partial charge >= 0.3 is 5.97 Å². The number of hydrogen-bond donors (Lipinski definition) is 0. The molecule has 1 rings (SSSR count). The van der Waals surface area contributed by atoms with E-state index in [-0.39, 0.29) is 18.7 Å². The topological polar surface area (TPSA) is 57.3 Å². The average molecular weight is 230 g/mol. The van der Waals surface area contributed by atoms with Gasteiger partial charge in [-0.2, -0.15) is 0 Å². The first kappa shape index (κ1) is 13.2. The summed E-state index contributed by atoms with van der Waals surface area (Å²) in [5.41, 5.74) is 0.396. The van der Waals surface area contributed by atoms with E-state index in [1.54, 1.807) is 6.92 Å². The first-order valence-electron chi connectivity index (χ1n) is 5.30. The largest absolute Gasteiger partial charge is 0.460 e. The summed E-state index contributed by atoms with van der Waals surface area (Å²) >= 11 is 0. The number of rotatable bonds is 9. The molecule has 1 unspecified atom stereocenters. The van der Waals surface area contributed by atoms with Gasteiger partial charge in [0.2, 0.25) is 0 Å². The Morgan fingerprint density at radius 3 is 2.56 bits per heavy atom. The van der Waals surface area contributed by atoms with Crippen molar-refractivity contribution in [2.75, 3.05) is 39.6 Å². The van der Waals surface area contributed by atoms with E-state index in [0.717, 1.165) is 6.61 Å². The van der Waals surface area contributed by atoms with E-state index in [2.05, 4.69) is 6.58 Å². The van der Waals surface area contributed by atoms with Gasteiger partial charge in [-0.25, -0.2) is 4.79 Å². The Morgan fingerprint density at radius 2 is 1.94 bits per heavy atom. The normalized spacial score (nSPS) is 18.2. The van der Waals surface area contributed by atoms with Crippen LogP contribution in [0.2, 0.25) is 0 Å². The van der Waals surface area contributed by atoms with Gasteiger partial charge in [-0.1, -0.05) is 6.58 Å². The Kier molecular flexibility index (Phi) is 6.07. The molecule has 0 aliphatic carbocycles. The molecule has 0 bridgehead atoms. The second-order valence-electron chi connectivity index (χ2n) is 3.56. The summed E-state index contributed by atoms with van der Waals surface area (Å²) < 4.78 is 20.2. The van der Waals surface area contributed by atoms with Crippen LogP contribution in [0.15, 0.2) is 12.2 Å². The third-order valence-electron chi connectivity index (χ3n) is 1.89. The molecule has 5 nitrogen and oxygen atoms in total. The smallest absolute Gasteiger partial charge is 0.333 e. The van der Waals surface area contributed by atoms with Gasteiger partial charge in [0, 0.05) is 5.57 Å². The number of epoxide rings is 1. The molecule has 0 spiro atoms. The highest BCUT2D eigenvalue weighted by Gasteiger charge is 2.21. The van der Waals surface area contributed by atoms with Crippen LogP contribution in [0.3, 0.4) is 0 Å². The maximum atomic E-state index is 10.9. The summed E-state index contributed by atoms with van der Waals surface area (Å²) in [5, 5.41) is 0. The van der Waals surface area contributed by atoms with E-state index in [1.807, 2.05) is 0 Å². The molecule has 0 saturated carbocycles. The van der Waals surface area contributed by atoms with Crippen molar-refractivity contribution in [1.29, 1.82) is 0 Å². The SMILES string of the molecule is C=C(C)C(=O)OCCOCCOCC1CO1. The van der Waals surface area contributed by atoms with E-state index in [9.17, 15) is 4.79 Å². The second kappa shape index (κ2) is 7.38. The lowest BCUT2D eigenvalue weighted by molar-refractivity contribution is -0.140. The molecule has 0 aromatic rings. The number of carbonyl (C=O) groups is 1. The molecule has 92 valence electrons. The highest BCUT2D eigenvalue weighted by molar-refractivity contribution is 5.86. The van der Waals surface area contributed by atoms with Crippen LogP contribution in [0.5, 0.6) is 0 Å². The van der Waals surface area contributed by atoms with Crippen LogP contribution < -0.4 is 0 Å². The molecule has 1 atom stereocenters. The van der Waals surface area contributed by atoms with Crippen LogP contribution in [-0.2, 0) is 23.7 Å². The highest BCUT2D eigenvalue weighted by atomic mass is 16.6. The quantitative estimate of drug-likeness (QED) is 0.250. The molecule has 1 saturated heterocycles. The number of esters is 1. The van der Waals surface area contributed by atoms with E-state index in [1.165, 1.54) is 0 Å². The molecule has 1 heterocycles. The fraction of sp³-hybridized carbons (Fsp3) is 0.727. The van der Waals surface area contributed by atoms with Crippen LogP contribution in [0.4, 0.5) is 0 Å². The molecule has 5 heteroatoms. The zero-order valence-electron chi connectivity index (χ0n) is 9.57. The minimum absolute atomic E-state index is 0.247. The van der Waals surface area contributed by atoms with Gasteiger partial charge in [0.15, 0.2) is 0 Å². The van der Waals surface area contributed by atoms with Gasteiger partial charge in [-0.05, 0) is 6.92 Å². The van der Waals surface area contributed by atoms with Gasteiger partial charge in [-0.15, -0.1) is 0 Å². The monoisotopic (exact) mass is 230 g/mol. The first-order chi connectivity index (χ1) is 7.70. The van der Waals surface area contributed by atoms with Gasteiger partial charge in [0.25, 0.3) is 0 Å². The standard InChI is InChI=1S/C11H18O5/c1-9(2)11(12)15-6-5-13-3-4-14-7-10-8-16-10/h10H,1,3-8H2,2H3. The molecular formula is C11H18O5. The summed E-state index contributed by atoms with van der Waals surface area (Å²) in [6.45, 7) is 8.17. The maximum absolute atomic E-state index is 10.9. The Labute approximate surface area is 95.3 Å². The maximum Gasteiger partial charge on any atom is 0.333 e. The average Bonchev–Trinajstić information content (AvgIpc) is 3.05. The van der Waals surface area contributed by atoms with Crippen LogP contribution in [0.25, 0.3) is 0 Å². The van der Waals surface area contributed by atoms with E-state index < -0.39 is 0 Å². The predicted molar refractivity (Wildman–Crippen MR) is 57.2 cm³/mol. The lowest BCUT2D eigenvalue weighted by Crippen LogP contribution is -2.13. The van der Waals surface area contributed by atoms with Crippen molar-refractivity contribution in [2.45, 2.75) is 13.0 Å². The second-order valence-corrected chi connectivity index (χ2v) is 3.56. The number of carbonyl (C=O) groups excluding carboxylic acids is 1. The molecule has 0 aromatic carbocycles. The molecule has 0 radical (unpaired) electrons. The molecule has 1 fully saturated rings. The van der Waals surface area contributed by atoms with Gasteiger partial charge < -0.3 is 18.9 Å². The zero-order chi connectivity index (χ0) is 11.8. The van der Waals surface area contributed by atoms with E-state index in [0.29, 0.717) is 32.0 Å². The Bertz CT molecular complexity index is 235. The van der Waals surface area contributed by atoms with Crippen molar-refractivity contribution >= 4 is 5.97 Å². The fourth-order valence-electron chi connectivity index (χ4n) is 0.915. The van der Waals surface area contributed by atoms with E-state index >= 15 is 0 Å². The van der Waals surface area contributed by atoms with Crippen LogP contribution >= 0.6 is 0 Å². The van der Waals surface area contributed by atoms with Crippen LogP contribution in [0, 0.1) is 0 Å². The Balaban J connectivity index is 1.76. The number of ether oxygens (including phenoxy) is 4. The fourth-order valence-corrected chi connectivity index (χ4v) is 0.915. The van der Waals surface area contributed by atoms with Crippen molar-refractivity contribution in [3.8, 4) is 0 Å². The summed E-state index contributed by atoms with van der Waals surface area (Å²) in [5.74, 6) is -0.384. The minimum Gasteiger partial charge on any atom is -0.460 e. The molecular weight excluding hydrogens is 212 g/mol. The van der Waals surface area contributed by atoms with Crippen molar-refractivity contribution < 1.29 is 23.7 Å². The Hall–Kier alpha value is -0.910. The van der Waals surface area contributed by atoms with Crippen molar-refractivity contribution in [3.63, 3.8) is 0 Å². The first-order valence-corrected chi connectivity index (χ1v) is 5.30. The lowest BCUT2D eigenvalue weighted by Gasteiger charge is -2.06. The summed E-state index contributed by atoms with van der Waals surface area (Å²) in [6.07, 6.45) is 0.288. The molecule has 1 aliphatic heterocycles. The van der Waals surface area contributed by atoms with Crippen LogP contribution in [0.1, 0.15) is 6.92 Å². The van der Waals surface area contributed by atoms with Crippen molar-refractivity contribution in [1.82, 2.24) is 0 Å². The van der Waals surface area contributed by atoms with Gasteiger partial charge in [0.05, 0.1) is 33.0 Å². The molecule has 0 N–H and O–H groups in total. The van der Waals surface area contributed by atoms with Crippen molar-refractivity contribution in [3.05, 3.63) is 12.2 Å². The Morgan fingerprint density at radius 1 is 1.31 bits per heavy atom. The third kappa shape index (κ3) is 6.55. The summed E-state index contributed by atoms with van der Waals surface area (Å²) in [6, 6.07) is 0. The molecule has 0 amide bonds. The third-order valence-corrected chi connectivity index (χ3v) is 1.89. The van der Waals surface area contributed by atoms with Gasteiger partial charge in [-0.3, -0.25) is 0 Å². The molecule has 1 aliphatic rings. The highest BCUT2D eigenvalue weighted by Crippen LogP contribution is 2.07. The summed E-state index contributed by atoms with van der Waals surface area (Å²) in [7, 11) is 0. The minimum atomic E-state index is -0.384. The van der Waals surface area contributed by atoms with Gasteiger partial charge in [0.1, 0.15) is 12.7 Å². The lowest BCUT2D eigenvalue weighted by atomic mass is 10.4. The van der Waals surface area contributed by atoms with Crippen molar-refractivity contribution in [2.24, 2.45) is 0 Å². The molecule has 0 aromatic heterocycles. The van der Waals surface area contributed by atoms with E-state index in [4.69, 9.17) is 18.9 Å². The van der Waals surface area contributed by atoms with Crippen LogP contribution in [-0.4, -0.2) is 51.7 Å². The summed E-state index contributed by atoms with van der Waals surface area (Å²) in [4.78, 5) is 10.9. The number of hydrogen-bond acceptors (Lipinski definition) is 5.